The van der Waals surface area contributed by atoms with Crippen LogP contribution in [-0.2, 0) is 11.0 Å². The minimum atomic E-state index is -4.62. The van der Waals surface area contributed by atoms with Gasteiger partial charge in [0.1, 0.15) is 5.75 Å². The van der Waals surface area contributed by atoms with Crippen LogP contribution in [0.3, 0.4) is 0 Å². The lowest BCUT2D eigenvalue weighted by Crippen LogP contribution is -2.43. The van der Waals surface area contributed by atoms with Crippen LogP contribution in [0.25, 0.3) is 0 Å². The van der Waals surface area contributed by atoms with E-state index in [1.165, 1.54) is 18.4 Å². The lowest BCUT2D eigenvalue weighted by molar-refractivity contribution is -0.138. The number of hydrogen-bond acceptors (Lipinski definition) is 4. The zero-order valence-electron chi connectivity index (χ0n) is 13.3. The van der Waals surface area contributed by atoms with E-state index in [-0.39, 0.29) is 11.4 Å². The Morgan fingerprint density at radius 2 is 2.12 bits per heavy atom. The normalized spacial score (nSPS) is 16.8. The van der Waals surface area contributed by atoms with Crippen molar-refractivity contribution in [2.75, 3.05) is 17.3 Å². The van der Waals surface area contributed by atoms with Crippen LogP contribution in [-0.4, -0.2) is 24.2 Å². The molecule has 0 spiro atoms. The molecule has 26 heavy (non-hydrogen) atoms. The molecule has 1 aliphatic rings. The third kappa shape index (κ3) is 3.19. The predicted molar refractivity (Wildman–Crippen MR) is 88.8 cm³/mol. The van der Waals surface area contributed by atoms with E-state index in [4.69, 9.17) is 4.74 Å². The number of alkyl halides is 3. The molecule has 0 aliphatic carbocycles. The molecule has 1 unspecified atom stereocenters. The average Bonchev–Trinajstić information content (AvgIpc) is 3.01. The molecule has 0 bridgehead atoms. The van der Waals surface area contributed by atoms with Crippen molar-refractivity contribution in [1.29, 1.82) is 0 Å². The molecule has 0 saturated heterocycles. The number of carboxylic acid groups (broad SMARTS) is 1. The first kappa shape index (κ1) is 18.1. The summed E-state index contributed by atoms with van der Waals surface area (Å²) in [6.45, 7) is 0. The van der Waals surface area contributed by atoms with Gasteiger partial charge in [-0.2, -0.15) is 13.2 Å². The van der Waals surface area contributed by atoms with Gasteiger partial charge in [0.2, 0.25) is 0 Å². The van der Waals surface area contributed by atoms with E-state index in [1.54, 1.807) is 11.4 Å². The molecule has 1 aliphatic heterocycles. The fourth-order valence-corrected chi connectivity index (χ4v) is 3.74. The van der Waals surface area contributed by atoms with Crippen LogP contribution in [0.4, 0.5) is 29.3 Å². The highest BCUT2D eigenvalue weighted by Gasteiger charge is 2.39. The van der Waals surface area contributed by atoms with Gasteiger partial charge in [-0.25, -0.2) is 4.79 Å². The van der Waals surface area contributed by atoms with E-state index >= 15 is 0 Å². The van der Waals surface area contributed by atoms with Crippen molar-refractivity contribution in [3.63, 3.8) is 0 Å². The highest BCUT2D eigenvalue weighted by atomic mass is 32.1. The summed E-state index contributed by atoms with van der Waals surface area (Å²) in [6, 6.07) is 2.67. The van der Waals surface area contributed by atoms with Gasteiger partial charge >= 0.3 is 18.2 Å². The molecule has 0 radical (unpaired) electrons. The molecule has 2 amide bonds. The number of benzene rings is 1. The van der Waals surface area contributed by atoms with Crippen molar-refractivity contribution in [2.45, 2.75) is 18.6 Å². The largest absolute Gasteiger partial charge is 0.495 e. The van der Waals surface area contributed by atoms with Crippen LogP contribution in [0.5, 0.6) is 5.75 Å². The number of aliphatic carboxylic acids is 1. The second kappa shape index (κ2) is 6.52. The summed E-state index contributed by atoms with van der Waals surface area (Å²) >= 11 is 1.22. The van der Waals surface area contributed by atoms with Crippen molar-refractivity contribution in [3.05, 3.63) is 40.1 Å². The van der Waals surface area contributed by atoms with Crippen molar-refractivity contribution in [1.82, 2.24) is 0 Å². The second-order valence-electron chi connectivity index (χ2n) is 5.50. The van der Waals surface area contributed by atoms with E-state index in [0.29, 0.717) is 10.6 Å². The van der Waals surface area contributed by atoms with Gasteiger partial charge in [0, 0.05) is 0 Å². The van der Waals surface area contributed by atoms with Crippen molar-refractivity contribution in [3.8, 4) is 5.75 Å². The number of anilines is 2. The molecule has 2 heterocycles. The molecule has 2 aromatic rings. The minimum Gasteiger partial charge on any atom is -0.495 e. The van der Waals surface area contributed by atoms with Gasteiger partial charge < -0.3 is 15.2 Å². The highest BCUT2D eigenvalue weighted by Crippen LogP contribution is 2.45. The maximum absolute atomic E-state index is 13.1. The molecule has 2 N–H and O–H groups in total. The third-order valence-corrected chi connectivity index (χ3v) is 4.92. The first-order chi connectivity index (χ1) is 12.2. The summed E-state index contributed by atoms with van der Waals surface area (Å²) in [5.41, 5.74) is -0.661. The predicted octanol–water partition coefficient (Wildman–Crippen LogP) is 4.34. The van der Waals surface area contributed by atoms with E-state index in [2.05, 4.69) is 5.32 Å². The fourth-order valence-electron chi connectivity index (χ4n) is 2.80. The lowest BCUT2D eigenvalue weighted by atomic mass is 10.0. The minimum absolute atomic E-state index is 0.0311. The average molecular weight is 386 g/mol. The number of carboxylic acids is 1. The Bertz CT molecular complexity index is 865. The van der Waals surface area contributed by atoms with Gasteiger partial charge in [0.05, 0.1) is 41.4 Å². The molecule has 0 saturated carbocycles. The Labute approximate surface area is 149 Å². The van der Waals surface area contributed by atoms with Crippen molar-refractivity contribution in [2.24, 2.45) is 0 Å². The number of urea groups is 1. The smallest absolute Gasteiger partial charge is 0.416 e. The monoisotopic (exact) mass is 386 g/mol. The van der Waals surface area contributed by atoms with Crippen molar-refractivity contribution >= 4 is 34.7 Å². The highest BCUT2D eigenvalue weighted by molar-refractivity contribution is 7.10. The van der Waals surface area contributed by atoms with Gasteiger partial charge in [-0.3, -0.25) is 9.69 Å². The van der Waals surface area contributed by atoms with E-state index in [9.17, 15) is 27.9 Å². The van der Waals surface area contributed by atoms with Gasteiger partial charge in [0.15, 0.2) is 0 Å². The Kier molecular flexibility index (Phi) is 4.53. The summed E-state index contributed by atoms with van der Waals surface area (Å²) in [6.07, 6.45) is -5.08. The molecular weight excluding hydrogens is 373 g/mol. The van der Waals surface area contributed by atoms with Crippen LogP contribution in [0, 0.1) is 0 Å². The number of hydrogen-bond donors (Lipinski definition) is 2. The van der Waals surface area contributed by atoms with Crippen LogP contribution in [0.1, 0.15) is 22.9 Å². The molecule has 3 rings (SSSR count). The topological polar surface area (TPSA) is 78.9 Å². The molecular formula is C16H13F3N2O4S. The Morgan fingerprint density at radius 1 is 1.38 bits per heavy atom. The van der Waals surface area contributed by atoms with Crippen LogP contribution in [0.15, 0.2) is 29.6 Å². The molecule has 1 aromatic carbocycles. The number of methoxy groups -OCH3 is 1. The van der Waals surface area contributed by atoms with Gasteiger partial charge in [-0.1, -0.05) is 0 Å². The molecule has 10 heteroatoms. The quantitative estimate of drug-likeness (QED) is 0.819. The molecule has 6 nitrogen and oxygen atoms in total. The number of rotatable bonds is 4. The second-order valence-corrected chi connectivity index (χ2v) is 6.44. The third-order valence-electron chi connectivity index (χ3n) is 3.90. The van der Waals surface area contributed by atoms with E-state index in [1.807, 2.05) is 0 Å². The Hall–Kier alpha value is -2.75. The summed E-state index contributed by atoms with van der Waals surface area (Å²) in [5.74, 6) is -1.15. The standard InChI is InChI=1S/C16H13F3N2O4S/c1-25-12-3-2-8(16(17,18)19)6-10(12)21-11(7-13(22)23)14-9(4-5-26-14)20-15(21)24/h2-6,11H,7H2,1H3,(H,20,24)(H,22,23). The Morgan fingerprint density at radius 3 is 2.73 bits per heavy atom. The van der Waals surface area contributed by atoms with Crippen LogP contribution >= 0.6 is 11.3 Å². The Balaban J connectivity index is 2.16. The molecule has 138 valence electrons. The number of nitrogens with one attached hydrogen (secondary N) is 1. The SMILES string of the molecule is COc1ccc(C(F)(F)F)cc1N1C(=O)Nc2ccsc2C1CC(=O)O. The maximum atomic E-state index is 13.1. The lowest BCUT2D eigenvalue weighted by Gasteiger charge is -2.36. The summed E-state index contributed by atoms with van der Waals surface area (Å²) in [5, 5.41) is 13.5. The van der Waals surface area contributed by atoms with Gasteiger partial charge in [-0.15, -0.1) is 11.3 Å². The van der Waals surface area contributed by atoms with Crippen LogP contribution < -0.4 is 15.0 Å². The number of nitrogens with zero attached hydrogens (tertiary/aromatic N) is 1. The zero-order valence-corrected chi connectivity index (χ0v) is 14.1. The summed E-state index contributed by atoms with van der Waals surface area (Å²) < 4.78 is 44.4. The summed E-state index contributed by atoms with van der Waals surface area (Å²) in [7, 11) is 1.26. The number of ether oxygens (including phenoxy) is 1. The molecule has 0 fully saturated rings. The number of halogens is 3. The molecule has 1 atom stereocenters. The number of fused-ring (bicyclic) bond motifs is 1. The van der Waals surface area contributed by atoms with Gasteiger partial charge in [0.25, 0.3) is 0 Å². The number of carbonyl (C=O) groups excluding carboxylic acids is 1. The number of thiophene rings is 1. The van der Waals surface area contributed by atoms with Gasteiger partial charge in [-0.05, 0) is 29.6 Å². The molecule has 1 aromatic heterocycles. The summed E-state index contributed by atoms with van der Waals surface area (Å²) in [4.78, 5) is 25.4. The van der Waals surface area contributed by atoms with Crippen molar-refractivity contribution < 1.29 is 32.6 Å². The fraction of sp³-hybridized carbons (Fsp3) is 0.250. The van der Waals surface area contributed by atoms with E-state index in [0.717, 1.165) is 23.1 Å². The first-order valence-electron chi connectivity index (χ1n) is 7.37. The zero-order chi connectivity index (χ0) is 19.1. The van der Waals surface area contributed by atoms with Crippen LogP contribution in [0.2, 0.25) is 0 Å². The first-order valence-corrected chi connectivity index (χ1v) is 8.25. The van der Waals surface area contributed by atoms with E-state index < -0.39 is 36.2 Å². The maximum Gasteiger partial charge on any atom is 0.416 e. The number of amides is 2. The number of carbonyl (C=O) groups is 2.